The van der Waals surface area contributed by atoms with E-state index in [1.807, 2.05) is 19.9 Å². The summed E-state index contributed by atoms with van der Waals surface area (Å²) in [6.07, 6.45) is 1.68. The van der Waals surface area contributed by atoms with Gasteiger partial charge in [-0.25, -0.2) is 13.1 Å². The predicted octanol–water partition coefficient (Wildman–Crippen LogP) is 1.05. The lowest BCUT2D eigenvalue weighted by molar-refractivity contribution is 0.289. The minimum Gasteiger partial charge on any atom is -0.398 e. The van der Waals surface area contributed by atoms with Crippen LogP contribution in [0.3, 0.4) is 0 Å². The summed E-state index contributed by atoms with van der Waals surface area (Å²) < 4.78 is 27.0. The number of rotatable bonds is 7. The van der Waals surface area contributed by atoms with Crippen LogP contribution in [-0.4, -0.2) is 26.7 Å². The molecular weight excluding hydrogens is 264 g/mol. The van der Waals surface area contributed by atoms with E-state index in [0.29, 0.717) is 24.1 Å². The molecule has 0 aliphatic rings. The van der Waals surface area contributed by atoms with Gasteiger partial charge in [-0.1, -0.05) is 13.8 Å². The van der Waals surface area contributed by atoms with E-state index in [4.69, 9.17) is 10.8 Å². The van der Waals surface area contributed by atoms with Crippen molar-refractivity contribution < 1.29 is 13.5 Å². The quantitative estimate of drug-likeness (QED) is 0.516. The Balaban J connectivity index is 3.19. The molecule has 0 fully saturated rings. The standard InChI is InChI=1S/C13H22N2O3S/c1-3-10-8-12(14)11(4-2)13(9-10)19(17,18)15-6-5-7-16/h8-9,15-16H,3-7,14H2,1-2H3. The van der Waals surface area contributed by atoms with Crippen LogP contribution in [0.15, 0.2) is 17.0 Å². The lowest BCUT2D eigenvalue weighted by Crippen LogP contribution is -2.26. The van der Waals surface area contributed by atoms with Crippen molar-refractivity contribution in [2.75, 3.05) is 18.9 Å². The van der Waals surface area contributed by atoms with E-state index in [2.05, 4.69) is 4.72 Å². The summed E-state index contributed by atoms with van der Waals surface area (Å²) in [5.41, 5.74) is 7.99. The molecule has 4 N–H and O–H groups in total. The van der Waals surface area contributed by atoms with E-state index < -0.39 is 10.0 Å². The summed E-state index contributed by atoms with van der Waals surface area (Å²) in [5.74, 6) is 0. The first-order valence-electron chi connectivity index (χ1n) is 6.48. The Morgan fingerprint density at radius 1 is 1.26 bits per heavy atom. The van der Waals surface area contributed by atoms with Gasteiger partial charge in [-0.2, -0.15) is 0 Å². The maximum absolute atomic E-state index is 12.3. The molecule has 5 nitrogen and oxygen atoms in total. The van der Waals surface area contributed by atoms with Gasteiger partial charge >= 0.3 is 0 Å². The topological polar surface area (TPSA) is 92.4 Å². The average Bonchev–Trinajstić information content (AvgIpc) is 2.37. The van der Waals surface area contributed by atoms with Crippen molar-refractivity contribution in [1.29, 1.82) is 0 Å². The summed E-state index contributed by atoms with van der Waals surface area (Å²) in [5, 5.41) is 8.71. The Labute approximate surface area is 114 Å². The Kier molecular flexibility index (Phi) is 5.78. The zero-order chi connectivity index (χ0) is 14.5. The highest BCUT2D eigenvalue weighted by molar-refractivity contribution is 7.89. The van der Waals surface area contributed by atoms with E-state index >= 15 is 0 Å². The fourth-order valence-electron chi connectivity index (χ4n) is 1.91. The van der Waals surface area contributed by atoms with Gasteiger partial charge in [0, 0.05) is 18.8 Å². The van der Waals surface area contributed by atoms with Crippen LogP contribution in [0.25, 0.3) is 0 Å². The molecule has 0 saturated carbocycles. The van der Waals surface area contributed by atoms with E-state index in [0.717, 1.165) is 12.0 Å². The van der Waals surface area contributed by atoms with Gasteiger partial charge in [0.25, 0.3) is 0 Å². The number of anilines is 1. The molecular formula is C13H22N2O3S. The normalized spacial score (nSPS) is 11.7. The molecule has 1 aromatic carbocycles. The van der Waals surface area contributed by atoms with Crippen LogP contribution >= 0.6 is 0 Å². The van der Waals surface area contributed by atoms with Gasteiger partial charge < -0.3 is 10.8 Å². The minimum atomic E-state index is -3.57. The smallest absolute Gasteiger partial charge is 0.240 e. The lowest BCUT2D eigenvalue weighted by Gasteiger charge is -2.14. The number of aliphatic hydroxyl groups excluding tert-OH is 1. The number of sulfonamides is 1. The largest absolute Gasteiger partial charge is 0.398 e. The molecule has 0 heterocycles. The van der Waals surface area contributed by atoms with Crippen molar-refractivity contribution in [3.63, 3.8) is 0 Å². The van der Waals surface area contributed by atoms with E-state index in [-0.39, 0.29) is 18.0 Å². The van der Waals surface area contributed by atoms with E-state index in [1.54, 1.807) is 6.07 Å². The first-order chi connectivity index (χ1) is 8.96. The molecule has 0 aliphatic carbocycles. The highest BCUT2D eigenvalue weighted by Crippen LogP contribution is 2.25. The minimum absolute atomic E-state index is 0.0414. The molecule has 0 aliphatic heterocycles. The maximum Gasteiger partial charge on any atom is 0.240 e. The average molecular weight is 286 g/mol. The number of nitrogens with two attached hydrogens (primary N) is 1. The van der Waals surface area contributed by atoms with Crippen molar-refractivity contribution in [1.82, 2.24) is 4.72 Å². The molecule has 19 heavy (non-hydrogen) atoms. The van der Waals surface area contributed by atoms with Crippen molar-refractivity contribution in [2.45, 2.75) is 38.0 Å². The van der Waals surface area contributed by atoms with Crippen molar-refractivity contribution >= 4 is 15.7 Å². The van der Waals surface area contributed by atoms with Gasteiger partial charge in [0.15, 0.2) is 0 Å². The Bertz CT molecular complexity index is 527. The highest BCUT2D eigenvalue weighted by atomic mass is 32.2. The van der Waals surface area contributed by atoms with Gasteiger partial charge in [-0.05, 0) is 42.5 Å². The van der Waals surface area contributed by atoms with Crippen LogP contribution in [0.2, 0.25) is 0 Å². The zero-order valence-electron chi connectivity index (χ0n) is 11.4. The van der Waals surface area contributed by atoms with Crippen LogP contribution in [0.4, 0.5) is 5.69 Å². The molecule has 108 valence electrons. The SMILES string of the molecule is CCc1cc(N)c(CC)c(S(=O)(=O)NCCCO)c1. The molecule has 0 radical (unpaired) electrons. The first kappa shape index (κ1) is 15.9. The molecule has 0 saturated heterocycles. The Morgan fingerprint density at radius 3 is 2.47 bits per heavy atom. The fraction of sp³-hybridized carbons (Fsp3) is 0.538. The summed E-state index contributed by atoms with van der Waals surface area (Å²) in [6.45, 7) is 4.01. The second kappa shape index (κ2) is 6.88. The van der Waals surface area contributed by atoms with Crippen LogP contribution < -0.4 is 10.5 Å². The summed E-state index contributed by atoms with van der Waals surface area (Å²) in [7, 11) is -3.57. The third-order valence-corrected chi connectivity index (χ3v) is 4.51. The first-order valence-corrected chi connectivity index (χ1v) is 7.96. The molecule has 0 amide bonds. The number of nitrogen functional groups attached to an aromatic ring is 1. The van der Waals surface area contributed by atoms with E-state index in [9.17, 15) is 8.42 Å². The van der Waals surface area contributed by atoms with Crippen molar-refractivity contribution in [3.8, 4) is 0 Å². The molecule has 0 aromatic heterocycles. The Morgan fingerprint density at radius 2 is 1.95 bits per heavy atom. The summed E-state index contributed by atoms with van der Waals surface area (Å²) >= 11 is 0. The molecule has 0 bridgehead atoms. The van der Waals surface area contributed by atoms with Crippen LogP contribution in [-0.2, 0) is 22.9 Å². The molecule has 1 rings (SSSR count). The zero-order valence-corrected chi connectivity index (χ0v) is 12.3. The van der Waals surface area contributed by atoms with Crippen LogP contribution in [0, 0.1) is 0 Å². The molecule has 0 spiro atoms. The second-order valence-corrected chi connectivity index (χ2v) is 6.08. The number of hydrogen-bond donors (Lipinski definition) is 3. The van der Waals surface area contributed by atoms with Gasteiger partial charge in [0.05, 0.1) is 4.90 Å². The highest BCUT2D eigenvalue weighted by Gasteiger charge is 2.19. The maximum atomic E-state index is 12.3. The second-order valence-electron chi connectivity index (χ2n) is 4.34. The van der Waals surface area contributed by atoms with Gasteiger partial charge in [0.2, 0.25) is 10.0 Å². The van der Waals surface area contributed by atoms with Gasteiger partial charge in [-0.15, -0.1) is 0 Å². The van der Waals surface area contributed by atoms with Crippen LogP contribution in [0.1, 0.15) is 31.4 Å². The van der Waals surface area contributed by atoms with Crippen molar-refractivity contribution in [2.24, 2.45) is 0 Å². The number of aryl methyl sites for hydroxylation is 1. The van der Waals surface area contributed by atoms with E-state index in [1.165, 1.54) is 0 Å². The van der Waals surface area contributed by atoms with Gasteiger partial charge in [0.1, 0.15) is 0 Å². The van der Waals surface area contributed by atoms with Gasteiger partial charge in [-0.3, -0.25) is 0 Å². The number of nitrogens with one attached hydrogen (secondary N) is 1. The molecule has 6 heteroatoms. The monoisotopic (exact) mass is 286 g/mol. The summed E-state index contributed by atoms with van der Waals surface area (Å²) in [6, 6.07) is 3.50. The Hall–Kier alpha value is -1.11. The third-order valence-electron chi connectivity index (χ3n) is 2.98. The number of hydrogen-bond acceptors (Lipinski definition) is 4. The third kappa shape index (κ3) is 3.92. The fourth-order valence-corrected chi connectivity index (χ4v) is 3.37. The van der Waals surface area contributed by atoms with Crippen LogP contribution in [0.5, 0.6) is 0 Å². The molecule has 0 atom stereocenters. The summed E-state index contributed by atoms with van der Waals surface area (Å²) in [4.78, 5) is 0.254. The predicted molar refractivity (Wildman–Crippen MR) is 76.5 cm³/mol. The number of benzene rings is 1. The molecule has 0 unspecified atom stereocenters. The number of aliphatic hydroxyl groups is 1. The molecule has 1 aromatic rings. The van der Waals surface area contributed by atoms with Crippen molar-refractivity contribution in [3.05, 3.63) is 23.3 Å². The lowest BCUT2D eigenvalue weighted by atomic mass is 10.1.